The SMILES string of the molecule is CCOc1ccc(CN2CCCCC2c2[nH]ncc2C(=O)O)nc1. The molecule has 7 heteroatoms. The van der Waals surface area contributed by atoms with Crippen LogP contribution in [0, 0.1) is 0 Å². The van der Waals surface area contributed by atoms with Crippen LogP contribution in [0.4, 0.5) is 0 Å². The highest BCUT2D eigenvalue weighted by molar-refractivity contribution is 5.88. The summed E-state index contributed by atoms with van der Waals surface area (Å²) >= 11 is 0. The van der Waals surface area contributed by atoms with Crippen molar-refractivity contribution in [3.05, 3.63) is 41.5 Å². The molecule has 7 nitrogen and oxygen atoms in total. The molecule has 2 aromatic rings. The predicted molar refractivity (Wildman–Crippen MR) is 88.0 cm³/mol. The van der Waals surface area contributed by atoms with Crippen LogP contribution in [0.1, 0.15) is 54.0 Å². The van der Waals surface area contributed by atoms with Gasteiger partial charge < -0.3 is 9.84 Å². The lowest BCUT2D eigenvalue weighted by atomic mass is 9.97. The Hall–Kier alpha value is -2.41. The maximum absolute atomic E-state index is 11.4. The number of rotatable bonds is 6. The normalized spacial score (nSPS) is 18.5. The number of piperidine rings is 1. The Bertz CT molecular complexity index is 683. The molecule has 1 unspecified atom stereocenters. The van der Waals surface area contributed by atoms with E-state index in [0.29, 0.717) is 18.8 Å². The highest BCUT2D eigenvalue weighted by Gasteiger charge is 2.29. The van der Waals surface area contributed by atoms with Gasteiger partial charge in [-0.05, 0) is 38.4 Å². The maximum Gasteiger partial charge on any atom is 0.339 e. The zero-order valence-electron chi connectivity index (χ0n) is 13.7. The highest BCUT2D eigenvalue weighted by Crippen LogP contribution is 2.32. The first-order chi connectivity index (χ1) is 11.7. The maximum atomic E-state index is 11.4. The number of carbonyl (C=O) groups is 1. The van der Waals surface area contributed by atoms with Gasteiger partial charge in [-0.25, -0.2) is 4.79 Å². The van der Waals surface area contributed by atoms with Gasteiger partial charge in [0.15, 0.2) is 0 Å². The largest absolute Gasteiger partial charge is 0.492 e. The molecule has 3 rings (SSSR count). The number of hydrogen-bond acceptors (Lipinski definition) is 5. The van der Waals surface area contributed by atoms with Crippen molar-refractivity contribution in [2.75, 3.05) is 13.2 Å². The first-order valence-electron chi connectivity index (χ1n) is 8.27. The van der Waals surface area contributed by atoms with Crippen LogP contribution in [0.2, 0.25) is 0 Å². The highest BCUT2D eigenvalue weighted by atomic mass is 16.5. The Morgan fingerprint density at radius 1 is 1.42 bits per heavy atom. The number of carboxylic acids is 1. The van der Waals surface area contributed by atoms with Gasteiger partial charge >= 0.3 is 5.97 Å². The molecule has 0 bridgehead atoms. The summed E-state index contributed by atoms with van der Waals surface area (Å²) in [4.78, 5) is 18.1. The second-order valence-electron chi connectivity index (χ2n) is 5.90. The Morgan fingerprint density at radius 3 is 3.00 bits per heavy atom. The quantitative estimate of drug-likeness (QED) is 0.846. The van der Waals surface area contributed by atoms with Crippen molar-refractivity contribution >= 4 is 5.97 Å². The van der Waals surface area contributed by atoms with Gasteiger partial charge in [-0.1, -0.05) is 6.42 Å². The lowest BCUT2D eigenvalue weighted by Gasteiger charge is -2.35. The monoisotopic (exact) mass is 330 g/mol. The van der Waals surface area contributed by atoms with Crippen molar-refractivity contribution in [2.24, 2.45) is 0 Å². The van der Waals surface area contributed by atoms with Gasteiger partial charge in [0.05, 0.1) is 36.4 Å². The molecular formula is C17H22N4O3. The first-order valence-corrected chi connectivity index (χ1v) is 8.27. The molecule has 1 aliphatic rings. The van der Waals surface area contributed by atoms with Crippen LogP contribution < -0.4 is 4.74 Å². The summed E-state index contributed by atoms with van der Waals surface area (Å²) in [5.74, 6) is -0.179. The van der Waals surface area contributed by atoms with Crippen LogP contribution in [0.15, 0.2) is 24.5 Å². The zero-order valence-corrected chi connectivity index (χ0v) is 13.7. The van der Waals surface area contributed by atoms with Crippen molar-refractivity contribution < 1.29 is 14.6 Å². The van der Waals surface area contributed by atoms with Crippen LogP contribution in [-0.4, -0.2) is 44.3 Å². The van der Waals surface area contributed by atoms with Crippen LogP contribution in [0.25, 0.3) is 0 Å². The molecule has 1 fully saturated rings. The third-order valence-electron chi connectivity index (χ3n) is 4.32. The number of pyridine rings is 1. The van der Waals surface area contributed by atoms with Gasteiger partial charge in [0.1, 0.15) is 11.3 Å². The number of carboxylic acid groups (broad SMARTS) is 1. The molecule has 0 amide bonds. The summed E-state index contributed by atoms with van der Waals surface area (Å²) in [7, 11) is 0. The van der Waals surface area contributed by atoms with E-state index >= 15 is 0 Å². The number of nitrogens with zero attached hydrogens (tertiary/aromatic N) is 3. The summed E-state index contributed by atoms with van der Waals surface area (Å²) in [6.45, 7) is 4.15. The van der Waals surface area contributed by atoms with E-state index in [4.69, 9.17) is 4.74 Å². The Labute approximate surface area is 140 Å². The third kappa shape index (κ3) is 3.56. The molecule has 3 heterocycles. The van der Waals surface area contributed by atoms with E-state index < -0.39 is 5.97 Å². The van der Waals surface area contributed by atoms with Gasteiger partial charge in [0, 0.05) is 6.54 Å². The van der Waals surface area contributed by atoms with E-state index in [0.717, 1.165) is 37.3 Å². The van der Waals surface area contributed by atoms with Crippen molar-refractivity contribution in [1.29, 1.82) is 0 Å². The van der Waals surface area contributed by atoms with Gasteiger partial charge in [-0.3, -0.25) is 15.0 Å². The summed E-state index contributed by atoms with van der Waals surface area (Å²) in [6, 6.07) is 3.91. The molecule has 0 saturated carbocycles. The Balaban J connectivity index is 1.77. The van der Waals surface area contributed by atoms with E-state index in [9.17, 15) is 9.90 Å². The van der Waals surface area contributed by atoms with Crippen LogP contribution >= 0.6 is 0 Å². The van der Waals surface area contributed by atoms with Gasteiger partial charge in [-0.2, -0.15) is 5.10 Å². The molecule has 2 aromatic heterocycles. The lowest BCUT2D eigenvalue weighted by molar-refractivity contribution is 0.0688. The molecule has 0 spiro atoms. The number of ether oxygens (including phenoxy) is 1. The standard InChI is InChI=1S/C17H22N4O3/c1-2-24-13-7-6-12(18-9-13)11-21-8-4-3-5-15(21)16-14(17(22)23)10-19-20-16/h6-7,9-10,15H,2-5,8,11H2,1H3,(H,19,20)(H,22,23). The number of likely N-dealkylation sites (tertiary alicyclic amines) is 1. The first kappa shape index (κ1) is 16.4. The van der Waals surface area contributed by atoms with Gasteiger partial charge in [0.25, 0.3) is 0 Å². The number of nitrogens with one attached hydrogen (secondary N) is 1. The molecular weight excluding hydrogens is 308 g/mol. The zero-order chi connectivity index (χ0) is 16.9. The van der Waals surface area contributed by atoms with Crippen molar-refractivity contribution in [1.82, 2.24) is 20.1 Å². The number of aromatic amines is 1. The number of aromatic nitrogens is 3. The summed E-state index contributed by atoms with van der Waals surface area (Å²) < 4.78 is 5.42. The minimum absolute atomic E-state index is 0.0284. The topological polar surface area (TPSA) is 91.3 Å². The van der Waals surface area contributed by atoms with Crippen LogP contribution in [0.3, 0.4) is 0 Å². The van der Waals surface area contributed by atoms with E-state index in [1.165, 1.54) is 6.20 Å². The molecule has 24 heavy (non-hydrogen) atoms. The fraction of sp³-hybridized carbons (Fsp3) is 0.471. The van der Waals surface area contributed by atoms with Crippen molar-refractivity contribution in [2.45, 2.75) is 38.8 Å². The molecule has 2 N–H and O–H groups in total. The molecule has 128 valence electrons. The van der Waals surface area contributed by atoms with Gasteiger partial charge in [0.2, 0.25) is 0 Å². The molecule has 0 aliphatic carbocycles. The second kappa shape index (κ2) is 7.44. The summed E-state index contributed by atoms with van der Waals surface area (Å²) in [6.07, 6.45) is 6.22. The Morgan fingerprint density at radius 2 is 2.29 bits per heavy atom. The fourth-order valence-electron chi connectivity index (χ4n) is 3.19. The smallest absolute Gasteiger partial charge is 0.339 e. The Kier molecular flexibility index (Phi) is 5.10. The minimum Gasteiger partial charge on any atom is -0.492 e. The lowest BCUT2D eigenvalue weighted by Crippen LogP contribution is -2.34. The van der Waals surface area contributed by atoms with Crippen LogP contribution in [-0.2, 0) is 6.54 Å². The predicted octanol–water partition coefficient (Wildman–Crippen LogP) is 2.63. The van der Waals surface area contributed by atoms with Crippen molar-refractivity contribution in [3.63, 3.8) is 0 Å². The summed E-state index contributed by atoms with van der Waals surface area (Å²) in [5, 5.41) is 16.2. The molecule has 0 aromatic carbocycles. The minimum atomic E-state index is -0.941. The average molecular weight is 330 g/mol. The fourth-order valence-corrected chi connectivity index (χ4v) is 3.19. The van der Waals surface area contributed by atoms with Gasteiger partial charge in [-0.15, -0.1) is 0 Å². The second-order valence-corrected chi connectivity index (χ2v) is 5.90. The van der Waals surface area contributed by atoms with E-state index in [1.807, 2.05) is 19.1 Å². The molecule has 1 aliphatic heterocycles. The van der Waals surface area contributed by atoms with E-state index in [-0.39, 0.29) is 11.6 Å². The number of aromatic carboxylic acids is 1. The average Bonchev–Trinajstić information content (AvgIpc) is 3.07. The number of H-pyrrole nitrogens is 1. The molecule has 0 radical (unpaired) electrons. The number of hydrogen-bond donors (Lipinski definition) is 2. The summed E-state index contributed by atoms with van der Waals surface area (Å²) in [5.41, 5.74) is 1.89. The van der Waals surface area contributed by atoms with Crippen LogP contribution in [0.5, 0.6) is 5.75 Å². The molecule has 1 saturated heterocycles. The van der Waals surface area contributed by atoms with E-state index in [2.05, 4.69) is 20.1 Å². The third-order valence-corrected chi connectivity index (χ3v) is 4.32. The van der Waals surface area contributed by atoms with Crippen molar-refractivity contribution in [3.8, 4) is 5.75 Å². The molecule has 1 atom stereocenters. The van der Waals surface area contributed by atoms with E-state index in [1.54, 1.807) is 6.20 Å².